The van der Waals surface area contributed by atoms with Crippen LogP contribution in [0.5, 0.6) is 11.5 Å². The molecule has 0 aliphatic carbocycles. The SMILES string of the molecule is CCOC(=O)COc1ccc(/C=C(\Sc2nc3ccccc3[nH]2)C(=O)O)cc1OCC. The molecule has 8 nitrogen and oxygen atoms in total. The number of nitrogens with one attached hydrogen (secondary N) is 1. The van der Waals surface area contributed by atoms with Gasteiger partial charge in [0.05, 0.1) is 24.2 Å². The summed E-state index contributed by atoms with van der Waals surface area (Å²) in [5, 5.41) is 10.1. The molecule has 0 fully saturated rings. The minimum atomic E-state index is -1.08. The molecule has 0 saturated carbocycles. The predicted octanol–water partition coefficient (Wildman–Crippen LogP) is 4.12. The maximum Gasteiger partial charge on any atom is 0.344 e. The summed E-state index contributed by atoms with van der Waals surface area (Å²) in [6.45, 7) is 3.94. The first-order chi connectivity index (χ1) is 15.0. The van der Waals surface area contributed by atoms with Crippen LogP contribution in [0.25, 0.3) is 17.1 Å². The van der Waals surface area contributed by atoms with Gasteiger partial charge in [0.25, 0.3) is 0 Å². The third kappa shape index (κ3) is 6.02. The summed E-state index contributed by atoms with van der Waals surface area (Å²) in [6.07, 6.45) is 1.53. The number of carbonyl (C=O) groups excluding carboxylic acids is 1. The molecule has 0 atom stereocenters. The maximum absolute atomic E-state index is 11.8. The zero-order valence-corrected chi connectivity index (χ0v) is 17.9. The number of carboxylic acids is 1. The summed E-state index contributed by atoms with van der Waals surface area (Å²) in [5.41, 5.74) is 2.20. The molecule has 0 radical (unpaired) electrons. The van der Waals surface area contributed by atoms with E-state index in [9.17, 15) is 14.7 Å². The van der Waals surface area contributed by atoms with Gasteiger partial charge in [-0.15, -0.1) is 0 Å². The quantitative estimate of drug-likeness (QED) is 0.274. The number of benzene rings is 2. The van der Waals surface area contributed by atoms with Crippen LogP contribution in [0.3, 0.4) is 0 Å². The topological polar surface area (TPSA) is 111 Å². The van der Waals surface area contributed by atoms with Gasteiger partial charge in [-0.2, -0.15) is 0 Å². The lowest BCUT2D eigenvalue weighted by Gasteiger charge is -2.12. The van der Waals surface area contributed by atoms with Crippen LogP contribution >= 0.6 is 11.8 Å². The van der Waals surface area contributed by atoms with Gasteiger partial charge >= 0.3 is 11.9 Å². The number of nitrogens with zero attached hydrogens (tertiary/aromatic N) is 1. The summed E-state index contributed by atoms with van der Waals surface area (Å²) >= 11 is 1.02. The van der Waals surface area contributed by atoms with Crippen molar-refractivity contribution >= 4 is 40.8 Å². The molecule has 9 heteroatoms. The first-order valence-corrected chi connectivity index (χ1v) is 10.4. The first kappa shape index (κ1) is 22.2. The van der Waals surface area contributed by atoms with Crippen molar-refractivity contribution < 1.29 is 28.9 Å². The van der Waals surface area contributed by atoms with Crippen molar-refractivity contribution in [3.05, 3.63) is 52.9 Å². The van der Waals surface area contributed by atoms with Gasteiger partial charge in [0.2, 0.25) is 0 Å². The average molecular weight is 442 g/mol. The van der Waals surface area contributed by atoms with E-state index in [4.69, 9.17) is 14.2 Å². The van der Waals surface area contributed by atoms with E-state index in [-0.39, 0.29) is 18.1 Å². The highest BCUT2D eigenvalue weighted by atomic mass is 32.2. The van der Waals surface area contributed by atoms with Crippen LogP contribution in [0.4, 0.5) is 0 Å². The van der Waals surface area contributed by atoms with Crippen molar-refractivity contribution in [1.29, 1.82) is 0 Å². The van der Waals surface area contributed by atoms with Gasteiger partial charge in [0.15, 0.2) is 23.3 Å². The van der Waals surface area contributed by atoms with Gasteiger partial charge < -0.3 is 24.3 Å². The monoisotopic (exact) mass is 442 g/mol. The van der Waals surface area contributed by atoms with Crippen molar-refractivity contribution in [3.8, 4) is 11.5 Å². The number of carboxylic acid groups (broad SMARTS) is 1. The van der Waals surface area contributed by atoms with Crippen molar-refractivity contribution in [1.82, 2.24) is 9.97 Å². The van der Waals surface area contributed by atoms with Crippen molar-refractivity contribution in [2.75, 3.05) is 19.8 Å². The number of aromatic amines is 1. The zero-order valence-electron chi connectivity index (χ0n) is 17.1. The molecule has 0 amide bonds. The Labute approximate surface area is 183 Å². The molecule has 0 aliphatic rings. The number of H-pyrrole nitrogens is 1. The van der Waals surface area contributed by atoms with Gasteiger partial charge in [-0.05, 0) is 61.5 Å². The Morgan fingerprint density at radius 1 is 1.10 bits per heavy atom. The Hall–Kier alpha value is -3.46. The Morgan fingerprint density at radius 2 is 1.90 bits per heavy atom. The minimum absolute atomic E-state index is 0.0849. The number of hydrogen-bond acceptors (Lipinski definition) is 7. The molecule has 0 saturated heterocycles. The molecule has 0 spiro atoms. The highest BCUT2D eigenvalue weighted by Crippen LogP contribution is 2.32. The molecule has 2 aromatic carbocycles. The van der Waals surface area contributed by atoms with Crippen molar-refractivity contribution in [3.63, 3.8) is 0 Å². The number of rotatable bonds is 10. The van der Waals surface area contributed by atoms with E-state index in [1.807, 2.05) is 31.2 Å². The van der Waals surface area contributed by atoms with Gasteiger partial charge in [0.1, 0.15) is 4.91 Å². The smallest absolute Gasteiger partial charge is 0.344 e. The number of esters is 1. The first-order valence-electron chi connectivity index (χ1n) is 9.63. The molecule has 0 bridgehead atoms. The van der Waals surface area contributed by atoms with Crippen LogP contribution in [0.15, 0.2) is 52.5 Å². The lowest BCUT2D eigenvalue weighted by molar-refractivity contribution is -0.145. The van der Waals surface area contributed by atoms with Gasteiger partial charge in [-0.25, -0.2) is 14.6 Å². The lowest BCUT2D eigenvalue weighted by Crippen LogP contribution is -2.15. The molecule has 31 heavy (non-hydrogen) atoms. The Bertz CT molecular complexity index is 1080. The summed E-state index contributed by atoms with van der Waals surface area (Å²) in [4.78, 5) is 30.9. The van der Waals surface area contributed by atoms with Gasteiger partial charge in [-0.3, -0.25) is 0 Å². The Morgan fingerprint density at radius 3 is 2.61 bits per heavy atom. The second-order valence-corrected chi connectivity index (χ2v) is 7.24. The normalized spacial score (nSPS) is 11.4. The molecule has 3 rings (SSSR count). The number of carbonyl (C=O) groups is 2. The predicted molar refractivity (Wildman–Crippen MR) is 117 cm³/mol. The number of aliphatic carboxylic acids is 1. The van der Waals surface area contributed by atoms with Crippen LogP contribution in [0.1, 0.15) is 19.4 Å². The molecule has 1 heterocycles. The summed E-state index contributed by atoms with van der Waals surface area (Å²) in [5.74, 6) is -0.789. The Balaban J connectivity index is 1.83. The maximum atomic E-state index is 11.8. The number of para-hydroxylation sites is 2. The highest BCUT2D eigenvalue weighted by molar-refractivity contribution is 8.04. The second-order valence-electron chi connectivity index (χ2n) is 6.21. The molecule has 162 valence electrons. The molecule has 2 N–H and O–H groups in total. The van der Waals surface area contributed by atoms with Crippen LogP contribution in [-0.2, 0) is 14.3 Å². The van der Waals surface area contributed by atoms with Crippen LogP contribution in [-0.4, -0.2) is 46.8 Å². The van der Waals surface area contributed by atoms with E-state index in [1.165, 1.54) is 6.08 Å². The molecular formula is C22H22N2O6S. The standard InChI is InChI=1S/C22H22N2O6S/c1-3-28-18-11-14(9-10-17(18)30-13-20(25)29-4-2)12-19(21(26)27)31-22-23-15-7-5-6-8-16(15)24-22/h5-12H,3-4,13H2,1-2H3,(H,23,24)(H,26,27)/b19-12-. The molecule has 3 aromatic rings. The largest absolute Gasteiger partial charge is 0.490 e. The van der Waals surface area contributed by atoms with E-state index >= 15 is 0 Å². The van der Waals surface area contributed by atoms with Crippen LogP contribution in [0.2, 0.25) is 0 Å². The fourth-order valence-corrected chi connectivity index (χ4v) is 3.51. The second kappa shape index (κ2) is 10.5. The Kier molecular flexibility index (Phi) is 7.55. The minimum Gasteiger partial charge on any atom is -0.490 e. The number of fused-ring (bicyclic) bond motifs is 1. The fourth-order valence-electron chi connectivity index (χ4n) is 2.71. The highest BCUT2D eigenvalue weighted by Gasteiger charge is 2.15. The van der Waals surface area contributed by atoms with E-state index in [1.54, 1.807) is 25.1 Å². The number of thioether (sulfide) groups is 1. The number of aromatic nitrogens is 2. The van der Waals surface area contributed by atoms with Crippen molar-refractivity contribution in [2.45, 2.75) is 19.0 Å². The molecule has 0 unspecified atom stereocenters. The third-order valence-corrected chi connectivity index (χ3v) is 4.90. The van der Waals surface area contributed by atoms with Gasteiger partial charge in [0, 0.05) is 0 Å². The molecule has 0 aliphatic heterocycles. The van der Waals surface area contributed by atoms with Crippen molar-refractivity contribution in [2.24, 2.45) is 0 Å². The summed E-state index contributed by atoms with van der Waals surface area (Å²) in [7, 11) is 0. The van der Waals surface area contributed by atoms with Crippen LogP contribution in [0, 0.1) is 0 Å². The average Bonchev–Trinajstić information content (AvgIpc) is 3.15. The van der Waals surface area contributed by atoms with Gasteiger partial charge in [-0.1, -0.05) is 18.2 Å². The summed E-state index contributed by atoms with van der Waals surface area (Å²) < 4.78 is 15.9. The zero-order chi connectivity index (χ0) is 22.2. The summed E-state index contributed by atoms with van der Waals surface area (Å²) in [6, 6.07) is 12.4. The third-order valence-electron chi connectivity index (χ3n) is 4.00. The molecule has 1 aromatic heterocycles. The number of ether oxygens (including phenoxy) is 3. The van der Waals surface area contributed by atoms with E-state index in [0.717, 1.165) is 22.8 Å². The van der Waals surface area contributed by atoms with E-state index in [0.29, 0.717) is 28.8 Å². The fraction of sp³-hybridized carbons (Fsp3) is 0.227. The van der Waals surface area contributed by atoms with Crippen LogP contribution < -0.4 is 9.47 Å². The molecular weight excluding hydrogens is 420 g/mol. The van der Waals surface area contributed by atoms with E-state index in [2.05, 4.69) is 9.97 Å². The van der Waals surface area contributed by atoms with E-state index < -0.39 is 11.9 Å². The number of hydrogen-bond donors (Lipinski definition) is 2. The lowest BCUT2D eigenvalue weighted by atomic mass is 10.2. The number of imidazole rings is 1.